The fourth-order valence-electron chi connectivity index (χ4n) is 3.24. The number of aromatic nitrogens is 4. The van der Waals surface area contributed by atoms with Crippen molar-refractivity contribution < 1.29 is 14.9 Å². The van der Waals surface area contributed by atoms with Gasteiger partial charge in [0.25, 0.3) is 5.56 Å². The van der Waals surface area contributed by atoms with Crippen molar-refractivity contribution in [1.29, 1.82) is 0 Å². The third kappa shape index (κ3) is 2.08. The van der Waals surface area contributed by atoms with Gasteiger partial charge in [0.2, 0.25) is 0 Å². The molecular weight excluding hydrogens is 312 g/mol. The van der Waals surface area contributed by atoms with Crippen LogP contribution in [-0.4, -0.2) is 48.5 Å². The van der Waals surface area contributed by atoms with Crippen LogP contribution in [-0.2, 0) is 10.5 Å². The molecule has 1 fully saturated rings. The monoisotopic (exact) mass is 328 g/mol. The number of imidazole rings is 1. The van der Waals surface area contributed by atoms with E-state index >= 15 is 0 Å². The Morgan fingerprint density at radius 1 is 1.33 bits per heavy atom. The SMILES string of the molecule is O=c1[nH]cnc2c1ncn2[C@@]1(c2ccccc2)C[C@H](O)[C@@H](CO)O1. The molecule has 124 valence electrons. The first-order valence-electron chi connectivity index (χ1n) is 7.59. The second-order valence-electron chi connectivity index (χ2n) is 5.78. The Kier molecular flexibility index (Phi) is 3.45. The van der Waals surface area contributed by atoms with Crippen molar-refractivity contribution in [2.75, 3.05) is 6.61 Å². The molecule has 0 unspecified atom stereocenters. The average molecular weight is 328 g/mol. The number of aliphatic hydroxyl groups is 2. The predicted molar refractivity (Wildman–Crippen MR) is 84.2 cm³/mol. The lowest BCUT2D eigenvalue weighted by molar-refractivity contribution is -0.0898. The van der Waals surface area contributed by atoms with Gasteiger partial charge in [-0.3, -0.25) is 9.36 Å². The van der Waals surface area contributed by atoms with Crippen LogP contribution in [0.5, 0.6) is 0 Å². The molecule has 0 amide bonds. The van der Waals surface area contributed by atoms with Crippen LogP contribution in [0.2, 0.25) is 0 Å². The third-order valence-electron chi connectivity index (χ3n) is 4.40. The Morgan fingerprint density at radius 2 is 2.12 bits per heavy atom. The summed E-state index contributed by atoms with van der Waals surface area (Å²) >= 11 is 0. The van der Waals surface area contributed by atoms with E-state index < -0.39 is 17.9 Å². The van der Waals surface area contributed by atoms with Gasteiger partial charge in [0.15, 0.2) is 16.9 Å². The molecule has 0 radical (unpaired) electrons. The lowest BCUT2D eigenvalue weighted by Gasteiger charge is -2.31. The zero-order valence-corrected chi connectivity index (χ0v) is 12.7. The summed E-state index contributed by atoms with van der Waals surface area (Å²) in [4.78, 5) is 22.8. The Hall–Kier alpha value is -2.55. The number of fused-ring (bicyclic) bond motifs is 1. The molecule has 4 rings (SSSR count). The second-order valence-corrected chi connectivity index (χ2v) is 5.78. The van der Waals surface area contributed by atoms with Gasteiger partial charge < -0.3 is 19.9 Å². The molecule has 3 aromatic rings. The topological polar surface area (TPSA) is 113 Å². The number of hydrogen-bond acceptors (Lipinski definition) is 6. The largest absolute Gasteiger partial charge is 0.394 e. The van der Waals surface area contributed by atoms with E-state index in [-0.39, 0.29) is 24.1 Å². The molecule has 24 heavy (non-hydrogen) atoms. The second kappa shape index (κ2) is 5.52. The number of benzene rings is 1. The van der Waals surface area contributed by atoms with Gasteiger partial charge in [0.1, 0.15) is 6.10 Å². The van der Waals surface area contributed by atoms with Crippen molar-refractivity contribution in [1.82, 2.24) is 19.5 Å². The Labute approximate surface area is 136 Å². The zero-order chi connectivity index (χ0) is 16.7. The smallest absolute Gasteiger partial charge is 0.278 e. The Balaban J connectivity index is 1.97. The van der Waals surface area contributed by atoms with E-state index in [1.165, 1.54) is 12.7 Å². The minimum Gasteiger partial charge on any atom is -0.394 e. The third-order valence-corrected chi connectivity index (χ3v) is 4.40. The molecule has 8 nitrogen and oxygen atoms in total. The van der Waals surface area contributed by atoms with Crippen molar-refractivity contribution in [2.45, 2.75) is 24.4 Å². The minimum absolute atomic E-state index is 0.193. The van der Waals surface area contributed by atoms with Crippen LogP contribution >= 0.6 is 0 Å². The molecular formula is C16H16N4O4. The molecule has 8 heteroatoms. The summed E-state index contributed by atoms with van der Waals surface area (Å²) in [6.07, 6.45) is 1.41. The van der Waals surface area contributed by atoms with Crippen molar-refractivity contribution in [3.05, 3.63) is 58.9 Å². The quantitative estimate of drug-likeness (QED) is 0.622. The number of nitrogens with zero attached hydrogens (tertiary/aromatic N) is 3. The zero-order valence-electron chi connectivity index (χ0n) is 12.7. The molecule has 0 aliphatic carbocycles. The van der Waals surface area contributed by atoms with E-state index in [1.54, 1.807) is 4.57 Å². The molecule has 2 aromatic heterocycles. The maximum absolute atomic E-state index is 11.9. The van der Waals surface area contributed by atoms with E-state index in [9.17, 15) is 15.0 Å². The maximum Gasteiger partial charge on any atom is 0.278 e. The van der Waals surface area contributed by atoms with Crippen LogP contribution in [0.25, 0.3) is 11.2 Å². The van der Waals surface area contributed by atoms with Gasteiger partial charge in [-0.15, -0.1) is 0 Å². The summed E-state index contributed by atoms with van der Waals surface area (Å²) in [5.74, 6) is 0. The van der Waals surface area contributed by atoms with Gasteiger partial charge in [-0.25, -0.2) is 9.97 Å². The molecule has 1 aromatic carbocycles. The van der Waals surface area contributed by atoms with Gasteiger partial charge >= 0.3 is 0 Å². The maximum atomic E-state index is 11.9. The summed E-state index contributed by atoms with van der Waals surface area (Å²) in [5, 5.41) is 19.8. The number of rotatable bonds is 3. The van der Waals surface area contributed by atoms with E-state index in [2.05, 4.69) is 15.0 Å². The lowest BCUT2D eigenvalue weighted by Crippen LogP contribution is -2.35. The van der Waals surface area contributed by atoms with Gasteiger partial charge in [-0.05, 0) is 0 Å². The minimum atomic E-state index is -1.09. The first kappa shape index (κ1) is 15.0. The van der Waals surface area contributed by atoms with Gasteiger partial charge in [0.05, 0.1) is 25.4 Å². The number of nitrogens with one attached hydrogen (secondary N) is 1. The highest BCUT2D eigenvalue weighted by atomic mass is 16.6. The van der Waals surface area contributed by atoms with Crippen LogP contribution in [0.4, 0.5) is 0 Å². The van der Waals surface area contributed by atoms with Crippen molar-refractivity contribution in [2.24, 2.45) is 0 Å². The summed E-state index contributed by atoms with van der Waals surface area (Å²) in [6.45, 7) is -0.309. The molecule has 3 heterocycles. The Morgan fingerprint density at radius 3 is 2.83 bits per heavy atom. The molecule has 0 bridgehead atoms. The van der Waals surface area contributed by atoms with Crippen molar-refractivity contribution in [3.63, 3.8) is 0 Å². The number of hydrogen-bond donors (Lipinski definition) is 3. The highest BCUT2D eigenvalue weighted by molar-refractivity contribution is 5.69. The first-order chi connectivity index (χ1) is 11.7. The van der Waals surface area contributed by atoms with Crippen LogP contribution in [0.15, 0.2) is 47.8 Å². The van der Waals surface area contributed by atoms with Crippen molar-refractivity contribution in [3.8, 4) is 0 Å². The summed E-state index contributed by atoms with van der Waals surface area (Å²) < 4.78 is 7.70. The standard InChI is InChI=1S/C16H16N4O4/c21-7-12-11(22)6-16(24-12,10-4-2-1-3-5-10)20-9-19-13-14(20)17-8-18-15(13)23/h1-5,8-9,11-12,21-22H,6-7H2,(H,17,18,23)/t11-,12+,16-/m0/s1. The van der Waals surface area contributed by atoms with E-state index in [1.807, 2.05) is 30.3 Å². The molecule has 3 atom stereocenters. The molecule has 0 saturated carbocycles. The van der Waals surface area contributed by atoms with Gasteiger partial charge in [-0.1, -0.05) is 30.3 Å². The highest BCUT2D eigenvalue weighted by Gasteiger charge is 2.49. The van der Waals surface area contributed by atoms with Crippen LogP contribution in [0.3, 0.4) is 0 Å². The van der Waals surface area contributed by atoms with Crippen LogP contribution < -0.4 is 5.56 Å². The number of aliphatic hydroxyl groups excluding tert-OH is 2. The molecule has 3 N–H and O–H groups in total. The number of H-pyrrole nitrogens is 1. The lowest BCUT2D eigenvalue weighted by atomic mass is 9.97. The van der Waals surface area contributed by atoms with Crippen LogP contribution in [0, 0.1) is 0 Å². The summed E-state index contributed by atoms with van der Waals surface area (Å²) in [6, 6.07) is 9.33. The van der Waals surface area contributed by atoms with E-state index in [0.29, 0.717) is 5.65 Å². The Bertz CT molecular complexity index is 922. The fraction of sp³-hybridized carbons (Fsp3) is 0.312. The molecule has 1 aliphatic heterocycles. The number of ether oxygens (including phenoxy) is 1. The predicted octanol–water partition coefficient (Wildman–Crippen LogP) is -0.0372. The molecule has 1 saturated heterocycles. The summed E-state index contributed by atoms with van der Waals surface area (Å²) in [7, 11) is 0. The number of aromatic amines is 1. The van der Waals surface area contributed by atoms with E-state index in [4.69, 9.17) is 4.74 Å². The van der Waals surface area contributed by atoms with Gasteiger partial charge in [-0.2, -0.15) is 0 Å². The fourth-order valence-corrected chi connectivity index (χ4v) is 3.24. The average Bonchev–Trinajstić information content (AvgIpc) is 3.18. The molecule has 1 aliphatic rings. The normalized spacial score (nSPS) is 26.9. The first-order valence-corrected chi connectivity index (χ1v) is 7.59. The summed E-state index contributed by atoms with van der Waals surface area (Å²) in [5.41, 5.74) is -0.115. The highest BCUT2D eigenvalue weighted by Crippen LogP contribution is 2.41. The van der Waals surface area contributed by atoms with Gasteiger partial charge in [0, 0.05) is 12.0 Å². The van der Waals surface area contributed by atoms with Crippen LogP contribution in [0.1, 0.15) is 12.0 Å². The molecule has 0 spiro atoms. The van der Waals surface area contributed by atoms with Crippen molar-refractivity contribution >= 4 is 11.2 Å². The van der Waals surface area contributed by atoms with E-state index in [0.717, 1.165) is 5.56 Å².